The Morgan fingerprint density at radius 2 is 1.85 bits per heavy atom. The van der Waals surface area contributed by atoms with Crippen molar-refractivity contribution in [3.63, 3.8) is 0 Å². The number of ether oxygens (including phenoxy) is 2. The van der Waals surface area contributed by atoms with Gasteiger partial charge in [0.05, 0.1) is 13.2 Å². The number of nitrogens with zero attached hydrogens (tertiary/aromatic N) is 1. The van der Waals surface area contributed by atoms with Crippen LogP contribution in [0.2, 0.25) is 0 Å². The van der Waals surface area contributed by atoms with Crippen molar-refractivity contribution in [3.8, 4) is 5.75 Å². The van der Waals surface area contributed by atoms with Gasteiger partial charge in [0.15, 0.2) is 5.96 Å². The number of halogens is 1. The fourth-order valence-corrected chi connectivity index (χ4v) is 2.48. The lowest BCUT2D eigenvalue weighted by Gasteiger charge is -2.19. The normalized spacial score (nSPS) is 11.6. The molecule has 2 aromatic carbocycles. The Hall–Kier alpha value is -1.80. The quantitative estimate of drug-likeness (QED) is 0.262. The summed E-state index contributed by atoms with van der Waals surface area (Å²) in [6.07, 6.45) is 0. The van der Waals surface area contributed by atoms with Crippen LogP contribution in [-0.4, -0.2) is 26.2 Å². The number of nitrogens with one attached hydrogen (secondary N) is 1. The van der Waals surface area contributed by atoms with Gasteiger partial charge in [-0.05, 0) is 29.2 Å². The van der Waals surface area contributed by atoms with Gasteiger partial charge >= 0.3 is 0 Å². The monoisotopic (exact) mass is 483 g/mol. The van der Waals surface area contributed by atoms with E-state index in [9.17, 15) is 0 Å². The van der Waals surface area contributed by atoms with Crippen molar-refractivity contribution >= 4 is 35.6 Å². The Morgan fingerprint density at radius 3 is 2.56 bits per heavy atom. The minimum absolute atomic E-state index is 0. The summed E-state index contributed by atoms with van der Waals surface area (Å²) in [6.45, 7) is 8.02. The van der Waals surface area contributed by atoms with Crippen molar-refractivity contribution in [1.29, 1.82) is 0 Å². The van der Waals surface area contributed by atoms with Gasteiger partial charge in [-0.3, -0.25) is 0 Å². The molecule has 0 amide bonds. The van der Waals surface area contributed by atoms with E-state index in [0.717, 1.165) is 17.0 Å². The van der Waals surface area contributed by atoms with Gasteiger partial charge in [0.25, 0.3) is 0 Å². The molecule has 0 aliphatic heterocycles. The van der Waals surface area contributed by atoms with E-state index in [0.29, 0.717) is 25.7 Å². The molecule has 5 nitrogen and oxygen atoms in total. The van der Waals surface area contributed by atoms with Crippen LogP contribution in [0.5, 0.6) is 5.75 Å². The van der Waals surface area contributed by atoms with Crippen LogP contribution in [0.3, 0.4) is 0 Å². The first-order chi connectivity index (χ1) is 12.4. The molecule has 0 bridgehead atoms. The van der Waals surface area contributed by atoms with Crippen molar-refractivity contribution < 1.29 is 9.47 Å². The van der Waals surface area contributed by atoms with Gasteiger partial charge in [0, 0.05) is 18.4 Å². The standard InChI is InChI=1S/C21H29N3O2.HI/c1-21(2,3)17-9-7-10-18(14-17)26-13-12-23-20(22)24-19-11-6-5-8-16(19)15-25-4;/h5-11,14H,12-13,15H2,1-4H3,(H3,22,23,24);1H. The maximum Gasteiger partial charge on any atom is 0.193 e. The highest BCUT2D eigenvalue weighted by molar-refractivity contribution is 14.0. The number of nitrogens with two attached hydrogens (primary N) is 1. The molecule has 0 aliphatic rings. The van der Waals surface area contributed by atoms with Crippen LogP contribution in [0.25, 0.3) is 0 Å². The number of para-hydroxylation sites is 1. The first kappa shape index (κ1) is 23.2. The van der Waals surface area contributed by atoms with Gasteiger partial charge in [-0.25, -0.2) is 4.99 Å². The Bertz CT molecular complexity index is 742. The van der Waals surface area contributed by atoms with Crippen LogP contribution in [0, 0.1) is 0 Å². The third-order valence-electron chi connectivity index (χ3n) is 3.92. The van der Waals surface area contributed by atoms with Crippen LogP contribution in [0.4, 0.5) is 5.69 Å². The molecule has 27 heavy (non-hydrogen) atoms. The molecular formula is C21H30IN3O2. The summed E-state index contributed by atoms with van der Waals surface area (Å²) < 4.78 is 11.0. The summed E-state index contributed by atoms with van der Waals surface area (Å²) in [4.78, 5) is 4.32. The summed E-state index contributed by atoms with van der Waals surface area (Å²) >= 11 is 0. The molecule has 2 rings (SSSR count). The van der Waals surface area contributed by atoms with Gasteiger partial charge in [0.1, 0.15) is 12.4 Å². The lowest BCUT2D eigenvalue weighted by atomic mass is 9.87. The fraction of sp³-hybridized carbons (Fsp3) is 0.381. The van der Waals surface area contributed by atoms with E-state index in [-0.39, 0.29) is 29.4 Å². The third kappa shape index (κ3) is 7.76. The molecule has 0 spiro atoms. The van der Waals surface area contributed by atoms with Crippen LogP contribution in [0.1, 0.15) is 31.9 Å². The van der Waals surface area contributed by atoms with Gasteiger partial charge in [0.2, 0.25) is 0 Å². The van der Waals surface area contributed by atoms with Crippen molar-refractivity contribution in [3.05, 3.63) is 59.7 Å². The number of anilines is 1. The molecule has 6 heteroatoms. The Morgan fingerprint density at radius 1 is 1.11 bits per heavy atom. The van der Waals surface area contributed by atoms with Gasteiger partial charge < -0.3 is 20.5 Å². The van der Waals surface area contributed by atoms with Crippen molar-refractivity contribution in [2.24, 2.45) is 10.7 Å². The Balaban J connectivity index is 0.00000364. The number of hydrogen-bond donors (Lipinski definition) is 2. The number of benzene rings is 2. The van der Waals surface area contributed by atoms with E-state index in [1.165, 1.54) is 5.56 Å². The molecule has 0 aromatic heterocycles. The summed E-state index contributed by atoms with van der Waals surface area (Å²) in [6, 6.07) is 16.0. The van der Waals surface area contributed by atoms with Gasteiger partial charge in [-0.2, -0.15) is 0 Å². The van der Waals surface area contributed by atoms with Crippen LogP contribution >= 0.6 is 24.0 Å². The lowest BCUT2D eigenvalue weighted by molar-refractivity contribution is 0.185. The molecule has 0 aliphatic carbocycles. The second-order valence-electron chi connectivity index (χ2n) is 7.11. The first-order valence-corrected chi connectivity index (χ1v) is 8.77. The lowest BCUT2D eigenvalue weighted by Crippen LogP contribution is -2.24. The number of rotatable bonds is 7. The maximum atomic E-state index is 5.97. The molecule has 3 N–H and O–H groups in total. The van der Waals surface area contributed by atoms with Crippen molar-refractivity contribution in [2.45, 2.75) is 32.8 Å². The highest BCUT2D eigenvalue weighted by Gasteiger charge is 2.13. The molecule has 0 heterocycles. The molecule has 0 saturated carbocycles. The second kappa shape index (κ2) is 11.1. The second-order valence-corrected chi connectivity index (χ2v) is 7.11. The Labute approximate surface area is 179 Å². The highest BCUT2D eigenvalue weighted by Crippen LogP contribution is 2.25. The minimum Gasteiger partial charge on any atom is -0.492 e. The van der Waals surface area contributed by atoms with Crippen LogP contribution in [0.15, 0.2) is 53.5 Å². The van der Waals surface area contributed by atoms with Gasteiger partial charge in [-0.1, -0.05) is 51.1 Å². The van der Waals surface area contributed by atoms with Crippen LogP contribution in [-0.2, 0) is 16.8 Å². The predicted octanol–water partition coefficient (Wildman–Crippen LogP) is 4.55. The molecule has 148 valence electrons. The minimum atomic E-state index is 0. The summed E-state index contributed by atoms with van der Waals surface area (Å²) in [5.41, 5.74) is 9.25. The van der Waals surface area contributed by atoms with E-state index in [1.807, 2.05) is 36.4 Å². The average molecular weight is 483 g/mol. The average Bonchev–Trinajstić information content (AvgIpc) is 2.60. The largest absolute Gasteiger partial charge is 0.492 e. The third-order valence-corrected chi connectivity index (χ3v) is 3.92. The van der Waals surface area contributed by atoms with E-state index >= 15 is 0 Å². The van der Waals surface area contributed by atoms with Gasteiger partial charge in [-0.15, -0.1) is 24.0 Å². The molecule has 0 atom stereocenters. The van der Waals surface area contributed by atoms with E-state index in [2.05, 4.69) is 43.2 Å². The smallest absolute Gasteiger partial charge is 0.193 e. The number of guanidine groups is 1. The SMILES string of the molecule is COCc1ccccc1NC(N)=NCCOc1cccc(C(C)(C)C)c1.I. The van der Waals surface area contributed by atoms with E-state index in [4.69, 9.17) is 15.2 Å². The molecule has 0 saturated heterocycles. The van der Waals surface area contributed by atoms with Crippen LogP contribution < -0.4 is 15.8 Å². The molecule has 0 radical (unpaired) electrons. The maximum absolute atomic E-state index is 5.97. The summed E-state index contributed by atoms with van der Waals surface area (Å²) in [5.74, 6) is 1.21. The fourth-order valence-electron chi connectivity index (χ4n) is 2.48. The predicted molar refractivity (Wildman–Crippen MR) is 123 cm³/mol. The number of methoxy groups -OCH3 is 1. The van der Waals surface area contributed by atoms with E-state index in [1.54, 1.807) is 7.11 Å². The molecule has 0 fully saturated rings. The number of aliphatic imine (C=N–C) groups is 1. The first-order valence-electron chi connectivity index (χ1n) is 8.77. The van der Waals surface area contributed by atoms with Crippen molar-refractivity contribution in [1.82, 2.24) is 0 Å². The zero-order valence-corrected chi connectivity index (χ0v) is 18.8. The molecular weight excluding hydrogens is 453 g/mol. The summed E-state index contributed by atoms with van der Waals surface area (Å²) in [5, 5.41) is 3.12. The topological polar surface area (TPSA) is 68.9 Å². The molecule has 0 unspecified atom stereocenters. The van der Waals surface area contributed by atoms with Crippen molar-refractivity contribution in [2.75, 3.05) is 25.6 Å². The zero-order chi connectivity index (χ0) is 19.0. The number of hydrogen-bond acceptors (Lipinski definition) is 3. The molecule has 2 aromatic rings. The Kier molecular flexibility index (Phi) is 9.59. The summed E-state index contributed by atoms with van der Waals surface area (Å²) in [7, 11) is 1.67. The zero-order valence-electron chi connectivity index (χ0n) is 16.5. The highest BCUT2D eigenvalue weighted by atomic mass is 127. The van der Waals surface area contributed by atoms with E-state index < -0.39 is 0 Å².